The molecule has 0 amide bonds. The normalized spacial score (nSPS) is 25.4. The number of aromatic nitrogens is 4. The highest BCUT2D eigenvalue weighted by atomic mass is 32.1. The Morgan fingerprint density at radius 1 is 0.973 bits per heavy atom. The van der Waals surface area contributed by atoms with E-state index in [0.29, 0.717) is 24.1 Å². The smallest absolute Gasteiger partial charge is 0.230 e. The summed E-state index contributed by atoms with van der Waals surface area (Å²) >= 11 is 1.86. The van der Waals surface area contributed by atoms with Crippen LogP contribution in [0.25, 0.3) is 10.2 Å². The lowest BCUT2D eigenvalue weighted by atomic mass is 9.90. The molecule has 1 saturated carbocycles. The zero-order chi connectivity index (χ0) is 24.6. The van der Waals surface area contributed by atoms with Crippen LogP contribution in [0.2, 0.25) is 0 Å². The van der Waals surface area contributed by atoms with Crippen LogP contribution in [0.3, 0.4) is 0 Å². The van der Waals surface area contributed by atoms with Crippen molar-refractivity contribution >= 4 is 39.0 Å². The third kappa shape index (κ3) is 4.96. The van der Waals surface area contributed by atoms with Crippen LogP contribution in [-0.4, -0.2) is 76.1 Å². The van der Waals surface area contributed by atoms with Gasteiger partial charge in [-0.15, -0.1) is 11.3 Å². The number of fused-ring (bicyclic) bond motifs is 3. The van der Waals surface area contributed by atoms with E-state index in [1.54, 1.807) is 0 Å². The van der Waals surface area contributed by atoms with E-state index in [1.807, 2.05) is 17.5 Å². The van der Waals surface area contributed by atoms with Gasteiger partial charge in [-0.3, -0.25) is 9.58 Å². The highest BCUT2D eigenvalue weighted by Gasteiger charge is 2.29. The first-order chi connectivity index (χ1) is 18.3. The van der Waals surface area contributed by atoms with E-state index >= 15 is 0 Å². The predicted octanol–water partition coefficient (Wildman–Crippen LogP) is 4.10. The summed E-state index contributed by atoms with van der Waals surface area (Å²) in [5, 5.41) is 16.7. The number of rotatable bonds is 6. The van der Waals surface area contributed by atoms with Crippen molar-refractivity contribution < 1.29 is 4.74 Å². The molecule has 3 aromatic heterocycles. The van der Waals surface area contributed by atoms with E-state index in [0.717, 1.165) is 75.0 Å². The molecule has 37 heavy (non-hydrogen) atoms. The van der Waals surface area contributed by atoms with Gasteiger partial charge in [0, 0.05) is 36.2 Å². The van der Waals surface area contributed by atoms with Crippen molar-refractivity contribution in [3.8, 4) is 0 Å². The van der Waals surface area contributed by atoms with Gasteiger partial charge in [0.25, 0.3) is 0 Å². The van der Waals surface area contributed by atoms with Gasteiger partial charge in [-0.05, 0) is 76.4 Å². The Bertz CT molecular complexity index is 1220. The maximum Gasteiger partial charge on any atom is 0.230 e. The van der Waals surface area contributed by atoms with Crippen LogP contribution in [0, 0.1) is 0 Å². The topological polar surface area (TPSA) is 92.2 Å². The van der Waals surface area contributed by atoms with Crippen molar-refractivity contribution in [2.24, 2.45) is 0 Å². The number of aryl methyl sites for hydroxylation is 2. The Balaban J connectivity index is 1.10. The summed E-state index contributed by atoms with van der Waals surface area (Å²) < 4.78 is 7.67. The summed E-state index contributed by atoms with van der Waals surface area (Å²) in [6.07, 6.45) is 14.7. The molecule has 0 atom stereocenters. The lowest BCUT2D eigenvalue weighted by Crippen LogP contribution is -2.46. The molecule has 0 bridgehead atoms. The highest BCUT2D eigenvalue weighted by Crippen LogP contribution is 2.41. The quantitative estimate of drug-likeness (QED) is 0.446. The number of morpholine rings is 1. The zero-order valence-corrected chi connectivity index (χ0v) is 22.4. The summed E-state index contributed by atoms with van der Waals surface area (Å²) in [5.74, 6) is 1.69. The fourth-order valence-electron chi connectivity index (χ4n) is 6.68. The number of hydrogen-bond donors (Lipinski definition) is 3. The number of piperidine rings is 1. The first kappa shape index (κ1) is 23.8. The van der Waals surface area contributed by atoms with Gasteiger partial charge >= 0.3 is 0 Å². The Morgan fingerprint density at radius 3 is 2.65 bits per heavy atom. The van der Waals surface area contributed by atoms with E-state index in [1.165, 1.54) is 54.4 Å². The third-order valence-corrected chi connectivity index (χ3v) is 9.89. The Morgan fingerprint density at radius 2 is 1.81 bits per heavy atom. The van der Waals surface area contributed by atoms with Crippen LogP contribution in [0.15, 0.2) is 12.4 Å². The van der Waals surface area contributed by atoms with Crippen LogP contribution >= 0.6 is 11.3 Å². The van der Waals surface area contributed by atoms with Gasteiger partial charge < -0.3 is 20.7 Å². The van der Waals surface area contributed by atoms with E-state index in [4.69, 9.17) is 14.7 Å². The number of anilines is 3. The first-order valence-electron chi connectivity index (χ1n) is 14.2. The zero-order valence-electron chi connectivity index (χ0n) is 21.5. The number of thiophene rings is 1. The van der Waals surface area contributed by atoms with Crippen molar-refractivity contribution in [1.29, 1.82) is 0 Å². The summed E-state index contributed by atoms with van der Waals surface area (Å²) in [6, 6.07) is 1.62. The lowest BCUT2D eigenvalue weighted by Gasteiger charge is -2.39. The maximum atomic E-state index is 5.57. The number of hydrogen-bond acceptors (Lipinski definition) is 9. The fourth-order valence-corrected chi connectivity index (χ4v) is 7.94. The van der Waals surface area contributed by atoms with Gasteiger partial charge in [0.05, 0.1) is 36.5 Å². The van der Waals surface area contributed by atoms with Gasteiger partial charge in [0.15, 0.2) is 0 Å². The second kappa shape index (κ2) is 10.5. The number of nitrogens with one attached hydrogen (secondary N) is 3. The molecule has 3 N–H and O–H groups in total. The number of nitrogens with zero attached hydrogens (tertiary/aromatic N) is 5. The first-order valence-corrected chi connectivity index (χ1v) is 15.0. The molecule has 7 rings (SSSR count). The highest BCUT2D eigenvalue weighted by molar-refractivity contribution is 7.19. The van der Waals surface area contributed by atoms with Crippen molar-refractivity contribution in [2.75, 3.05) is 50.0 Å². The molecule has 2 saturated heterocycles. The molecule has 0 aromatic carbocycles. The molecule has 0 unspecified atom stereocenters. The molecule has 5 heterocycles. The minimum atomic E-state index is 0.461. The molecule has 10 heteroatoms. The van der Waals surface area contributed by atoms with E-state index < -0.39 is 0 Å². The van der Waals surface area contributed by atoms with Gasteiger partial charge in [0.1, 0.15) is 10.6 Å². The van der Waals surface area contributed by atoms with Crippen molar-refractivity contribution in [2.45, 2.75) is 75.9 Å². The van der Waals surface area contributed by atoms with Gasteiger partial charge in [-0.25, -0.2) is 4.98 Å². The molecule has 9 nitrogen and oxygen atoms in total. The van der Waals surface area contributed by atoms with Gasteiger partial charge in [0.2, 0.25) is 5.95 Å². The Kier molecular flexibility index (Phi) is 6.74. The molecular formula is C27H38N8OS. The average Bonchev–Trinajstić information content (AvgIpc) is 3.67. The van der Waals surface area contributed by atoms with Crippen molar-refractivity contribution in [3.63, 3.8) is 0 Å². The summed E-state index contributed by atoms with van der Waals surface area (Å²) in [4.78, 5) is 15.3. The monoisotopic (exact) mass is 522 g/mol. The molecule has 4 aliphatic rings. The van der Waals surface area contributed by atoms with Gasteiger partial charge in [-0.1, -0.05) is 0 Å². The van der Waals surface area contributed by atoms with Crippen LogP contribution in [0.5, 0.6) is 0 Å². The second-order valence-electron chi connectivity index (χ2n) is 11.0. The lowest BCUT2D eigenvalue weighted by molar-refractivity contribution is 0.00791. The Labute approximate surface area is 222 Å². The third-order valence-electron chi connectivity index (χ3n) is 8.70. The van der Waals surface area contributed by atoms with E-state index in [2.05, 4.69) is 36.8 Å². The van der Waals surface area contributed by atoms with Gasteiger partial charge in [-0.2, -0.15) is 10.1 Å². The van der Waals surface area contributed by atoms with E-state index in [-0.39, 0.29) is 0 Å². The summed E-state index contributed by atoms with van der Waals surface area (Å²) in [6.45, 7) is 6.04. The van der Waals surface area contributed by atoms with Crippen LogP contribution in [-0.2, 0) is 17.6 Å². The molecule has 3 fully saturated rings. The van der Waals surface area contributed by atoms with Crippen LogP contribution in [0.4, 0.5) is 17.5 Å². The fraction of sp³-hybridized carbons (Fsp3) is 0.667. The average molecular weight is 523 g/mol. The Hall–Kier alpha value is -2.27. The molecule has 0 radical (unpaired) electrons. The summed E-state index contributed by atoms with van der Waals surface area (Å²) in [5.41, 5.74) is 2.44. The molecule has 2 aliphatic heterocycles. The van der Waals surface area contributed by atoms with Crippen molar-refractivity contribution in [1.82, 2.24) is 30.0 Å². The molecule has 3 aromatic rings. The predicted molar refractivity (Wildman–Crippen MR) is 148 cm³/mol. The largest absolute Gasteiger partial charge is 0.379 e. The molecule has 0 spiro atoms. The minimum absolute atomic E-state index is 0.461. The van der Waals surface area contributed by atoms with Crippen LogP contribution < -0.4 is 16.0 Å². The second-order valence-corrected chi connectivity index (χ2v) is 12.1. The van der Waals surface area contributed by atoms with E-state index in [9.17, 15) is 0 Å². The maximum absolute atomic E-state index is 5.57. The minimum Gasteiger partial charge on any atom is -0.379 e. The van der Waals surface area contributed by atoms with Crippen LogP contribution in [0.1, 0.15) is 61.4 Å². The van der Waals surface area contributed by atoms with Crippen molar-refractivity contribution in [3.05, 3.63) is 22.8 Å². The molecule has 2 aliphatic carbocycles. The number of ether oxygens (including phenoxy) is 1. The molecule has 198 valence electrons. The molecular weight excluding hydrogens is 484 g/mol. The summed E-state index contributed by atoms with van der Waals surface area (Å²) in [7, 11) is 0. The SMILES string of the molecule is c1nn(C2CCNCC2)cc1Nc1nc(NC2CCC(N3CCOCC3)CC2)c2c3c(sc2n1)CCC3. The standard InChI is InChI=1S/C27H38N8OS/c1-2-22-23(3-1)37-26-24(22)25(30-18-4-6-20(7-5-18)34-12-14-36-15-13-34)32-27(33-26)31-19-16-29-35(17-19)21-8-10-28-11-9-21/h16-18,20-21,28H,1-15H2,(H2,30,31,32,33).